The Bertz CT molecular complexity index is 459. The first-order valence-corrected chi connectivity index (χ1v) is 6.46. The molecule has 1 heterocycles. The zero-order valence-corrected chi connectivity index (χ0v) is 11.1. The van der Waals surface area contributed by atoms with Crippen LogP contribution in [-0.4, -0.2) is 18.6 Å². The van der Waals surface area contributed by atoms with Crippen molar-refractivity contribution in [2.45, 2.75) is 39.3 Å². The number of nitrogens with two attached hydrogens (primary N) is 1. The number of nitrogens with zero attached hydrogens (tertiary/aromatic N) is 1. The number of carbonyl (C=O) groups excluding carboxylic acids is 1. The number of carbonyl (C=O) groups is 1. The fourth-order valence-corrected chi connectivity index (χ4v) is 2.22. The molecule has 4 nitrogen and oxygen atoms in total. The molecule has 2 unspecified atom stereocenters. The maximum absolute atomic E-state index is 12.0. The first-order valence-electron chi connectivity index (χ1n) is 6.46. The highest BCUT2D eigenvalue weighted by Gasteiger charge is 2.30. The summed E-state index contributed by atoms with van der Waals surface area (Å²) >= 11 is 0. The van der Waals surface area contributed by atoms with Crippen molar-refractivity contribution in [1.82, 2.24) is 0 Å². The standard InChI is InChI=1S/C14H20N2O2/c1-4-11(15)10-6-7-13-12(8-10)16(5-2)14(17)9(3)18-13/h6-9,11H,4-5,15H2,1-3H3. The summed E-state index contributed by atoms with van der Waals surface area (Å²) in [6, 6.07) is 5.86. The molecule has 1 aliphatic heterocycles. The maximum Gasteiger partial charge on any atom is 0.267 e. The first kappa shape index (κ1) is 12.9. The third-order valence-electron chi connectivity index (χ3n) is 3.38. The van der Waals surface area contributed by atoms with E-state index in [1.165, 1.54) is 0 Å². The van der Waals surface area contributed by atoms with E-state index >= 15 is 0 Å². The van der Waals surface area contributed by atoms with Crippen LogP contribution in [0, 0.1) is 0 Å². The number of anilines is 1. The molecule has 0 aliphatic carbocycles. The van der Waals surface area contributed by atoms with Crippen molar-refractivity contribution in [2.75, 3.05) is 11.4 Å². The van der Waals surface area contributed by atoms with Crippen molar-refractivity contribution < 1.29 is 9.53 Å². The number of likely N-dealkylation sites (N-methyl/N-ethyl adjacent to an activating group) is 1. The summed E-state index contributed by atoms with van der Waals surface area (Å²) in [7, 11) is 0. The number of amides is 1. The van der Waals surface area contributed by atoms with Crippen LogP contribution in [0.1, 0.15) is 38.8 Å². The Balaban J connectivity index is 2.44. The molecule has 2 atom stereocenters. The van der Waals surface area contributed by atoms with E-state index in [1.807, 2.05) is 32.0 Å². The van der Waals surface area contributed by atoms with Gasteiger partial charge in [0.25, 0.3) is 5.91 Å². The van der Waals surface area contributed by atoms with Crippen LogP contribution in [0.5, 0.6) is 5.75 Å². The number of ether oxygens (including phenoxy) is 1. The molecule has 0 saturated carbocycles. The molecule has 0 bridgehead atoms. The van der Waals surface area contributed by atoms with E-state index < -0.39 is 6.10 Å². The highest BCUT2D eigenvalue weighted by molar-refractivity contribution is 5.99. The molecular formula is C14H20N2O2. The molecule has 1 aromatic rings. The van der Waals surface area contributed by atoms with Gasteiger partial charge in [-0.25, -0.2) is 0 Å². The molecular weight excluding hydrogens is 228 g/mol. The van der Waals surface area contributed by atoms with Crippen LogP contribution in [0.3, 0.4) is 0 Å². The summed E-state index contributed by atoms with van der Waals surface area (Å²) in [4.78, 5) is 13.8. The second-order valence-electron chi connectivity index (χ2n) is 4.58. The van der Waals surface area contributed by atoms with E-state index in [9.17, 15) is 4.79 Å². The van der Waals surface area contributed by atoms with Gasteiger partial charge in [-0.3, -0.25) is 4.79 Å². The number of hydrogen-bond acceptors (Lipinski definition) is 3. The van der Waals surface area contributed by atoms with Crippen LogP contribution in [0.15, 0.2) is 18.2 Å². The third kappa shape index (κ3) is 2.08. The number of fused-ring (bicyclic) bond motifs is 1. The van der Waals surface area contributed by atoms with Gasteiger partial charge in [0.1, 0.15) is 5.75 Å². The second-order valence-corrected chi connectivity index (χ2v) is 4.58. The molecule has 2 N–H and O–H groups in total. The predicted molar refractivity (Wildman–Crippen MR) is 71.8 cm³/mol. The summed E-state index contributed by atoms with van der Waals surface area (Å²) in [5, 5.41) is 0. The lowest BCUT2D eigenvalue weighted by Crippen LogP contribution is -2.44. The van der Waals surface area contributed by atoms with Crippen LogP contribution in [0.25, 0.3) is 0 Å². The van der Waals surface area contributed by atoms with Gasteiger partial charge < -0.3 is 15.4 Å². The predicted octanol–water partition coefficient (Wildman–Crippen LogP) is 2.23. The Morgan fingerprint density at radius 3 is 2.78 bits per heavy atom. The van der Waals surface area contributed by atoms with Gasteiger partial charge in [-0.2, -0.15) is 0 Å². The largest absolute Gasteiger partial charge is 0.479 e. The SMILES string of the molecule is CCC(N)c1ccc2c(c1)N(CC)C(=O)C(C)O2. The quantitative estimate of drug-likeness (QED) is 0.892. The fraction of sp³-hybridized carbons (Fsp3) is 0.500. The van der Waals surface area contributed by atoms with Crippen molar-refractivity contribution in [1.29, 1.82) is 0 Å². The lowest BCUT2D eigenvalue weighted by Gasteiger charge is -2.33. The second kappa shape index (κ2) is 4.98. The lowest BCUT2D eigenvalue weighted by molar-refractivity contribution is -0.125. The third-order valence-corrected chi connectivity index (χ3v) is 3.38. The minimum atomic E-state index is -0.414. The Labute approximate surface area is 108 Å². The Kier molecular flexibility index (Phi) is 3.57. The zero-order chi connectivity index (χ0) is 13.3. The highest BCUT2D eigenvalue weighted by Crippen LogP contribution is 2.36. The van der Waals surface area contributed by atoms with Crippen LogP contribution >= 0.6 is 0 Å². The summed E-state index contributed by atoms with van der Waals surface area (Å²) in [6.07, 6.45) is 0.457. The van der Waals surface area contributed by atoms with Gasteiger partial charge >= 0.3 is 0 Å². The minimum absolute atomic E-state index is 0.00320. The first-order chi connectivity index (χ1) is 8.58. The molecule has 1 aromatic carbocycles. The molecule has 1 amide bonds. The van der Waals surface area contributed by atoms with Crippen LogP contribution in [0.2, 0.25) is 0 Å². The number of hydrogen-bond donors (Lipinski definition) is 1. The normalized spacial score (nSPS) is 20.3. The average molecular weight is 248 g/mol. The minimum Gasteiger partial charge on any atom is -0.479 e. The van der Waals surface area contributed by atoms with Crippen molar-refractivity contribution in [3.8, 4) is 5.75 Å². The average Bonchev–Trinajstić information content (AvgIpc) is 2.39. The van der Waals surface area contributed by atoms with Gasteiger partial charge in [0.2, 0.25) is 0 Å². The van der Waals surface area contributed by atoms with Crippen LogP contribution < -0.4 is 15.4 Å². The highest BCUT2D eigenvalue weighted by atomic mass is 16.5. The van der Waals surface area contributed by atoms with E-state index in [0.29, 0.717) is 6.54 Å². The Morgan fingerprint density at radius 2 is 2.17 bits per heavy atom. The van der Waals surface area contributed by atoms with Gasteiger partial charge in [-0.15, -0.1) is 0 Å². The number of benzene rings is 1. The van der Waals surface area contributed by atoms with Crippen molar-refractivity contribution in [3.63, 3.8) is 0 Å². The van der Waals surface area contributed by atoms with E-state index in [4.69, 9.17) is 10.5 Å². The van der Waals surface area contributed by atoms with Gasteiger partial charge in [0, 0.05) is 12.6 Å². The van der Waals surface area contributed by atoms with Gasteiger partial charge in [0.15, 0.2) is 6.10 Å². The van der Waals surface area contributed by atoms with Crippen molar-refractivity contribution >= 4 is 11.6 Å². The Morgan fingerprint density at radius 1 is 1.44 bits per heavy atom. The van der Waals surface area contributed by atoms with E-state index in [0.717, 1.165) is 23.4 Å². The fourth-order valence-electron chi connectivity index (χ4n) is 2.22. The monoisotopic (exact) mass is 248 g/mol. The van der Waals surface area contributed by atoms with Crippen molar-refractivity contribution in [2.24, 2.45) is 5.73 Å². The lowest BCUT2D eigenvalue weighted by atomic mass is 10.0. The molecule has 0 radical (unpaired) electrons. The van der Waals surface area contributed by atoms with Crippen molar-refractivity contribution in [3.05, 3.63) is 23.8 Å². The summed E-state index contributed by atoms with van der Waals surface area (Å²) < 4.78 is 5.61. The molecule has 0 fully saturated rings. The topological polar surface area (TPSA) is 55.6 Å². The van der Waals surface area contributed by atoms with Gasteiger partial charge in [-0.05, 0) is 38.0 Å². The zero-order valence-electron chi connectivity index (χ0n) is 11.1. The summed E-state index contributed by atoms with van der Waals surface area (Å²) in [5.74, 6) is 0.767. The van der Waals surface area contributed by atoms with E-state index in [1.54, 1.807) is 11.8 Å². The van der Waals surface area contributed by atoms with E-state index in [2.05, 4.69) is 0 Å². The molecule has 18 heavy (non-hydrogen) atoms. The molecule has 2 rings (SSSR count). The molecule has 4 heteroatoms. The summed E-state index contributed by atoms with van der Waals surface area (Å²) in [5.41, 5.74) is 7.91. The summed E-state index contributed by atoms with van der Waals surface area (Å²) in [6.45, 7) is 6.43. The van der Waals surface area contributed by atoms with E-state index in [-0.39, 0.29) is 11.9 Å². The molecule has 0 aromatic heterocycles. The van der Waals surface area contributed by atoms with Crippen LogP contribution in [-0.2, 0) is 4.79 Å². The van der Waals surface area contributed by atoms with Gasteiger partial charge in [0.05, 0.1) is 5.69 Å². The number of rotatable bonds is 3. The Hall–Kier alpha value is -1.55. The molecule has 0 saturated heterocycles. The molecule has 98 valence electrons. The molecule has 1 aliphatic rings. The maximum atomic E-state index is 12.0. The smallest absolute Gasteiger partial charge is 0.267 e. The molecule has 0 spiro atoms. The van der Waals surface area contributed by atoms with Gasteiger partial charge in [-0.1, -0.05) is 13.0 Å². The van der Waals surface area contributed by atoms with Crippen LogP contribution in [0.4, 0.5) is 5.69 Å².